The highest BCUT2D eigenvalue weighted by Crippen LogP contribution is 2.36. The Morgan fingerprint density at radius 1 is 0.969 bits per heavy atom. The van der Waals surface area contributed by atoms with E-state index in [4.69, 9.17) is 4.98 Å². The van der Waals surface area contributed by atoms with Gasteiger partial charge in [-0.3, -0.25) is 14.5 Å². The third-order valence-electron chi connectivity index (χ3n) is 6.21. The molecule has 0 N–H and O–H groups in total. The van der Waals surface area contributed by atoms with Gasteiger partial charge in [0.05, 0.1) is 38.9 Å². The zero-order valence-corrected chi connectivity index (χ0v) is 17.8. The summed E-state index contributed by atoms with van der Waals surface area (Å²) in [5, 5.41) is 1.10. The maximum atomic E-state index is 13.0. The summed E-state index contributed by atoms with van der Waals surface area (Å²) in [6.07, 6.45) is -2.73. The molecule has 3 heterocycles. The number of likely N-dealkylation sites (tertiary alicyclic amines) is 1. The molecule has 1 unspecified atom stereocenters. The van der Waals surface area contributed by atoms with E-state index >= 15 is 0 Å². The number of alkyl halides is 3. The van der Waals surface area contributed by atoms with E-state index in [9.17, 15) is 22.8 Å². The average molecular weight is 459 g/mol. The third kappa shape index (κ3) is 3.80. The number of nitrogens with zero attached hydrogens (tertiary/aromatic N) is 3. The van der Waals surface area contributed by atoms with E-state index in [1.54, 1.807) is 11.3 Å². The molecule has 0 spiro atoms. The quantitative estimate of drug-likeness (QED) is 0.527. The number of carbonyl (C=O) groups excluding carboxylic acids is 2. The second kappa shape index (κ2) is 7.97. The van der Waals surface area contributed by atoms with Crippen molar-refractivity contribution in [2.24, 2.45) is 0 Å². The summed E-state index contributed by atoms with van der Waals surface area (Å²) >= 11 is 1.70. The van der Waals surface area contributed by atoms with Crippen LogP contribution in [0.5, 0.6) is 0 Å². The van der Waals surface area contributed by atoms with E-state index in [-0.39, 0.29) is 23.9 Å². The minimum Gasteiger partial charge on any atom is -0.291 e. The minimum absolute atomic E-state index is 0.0473. The van der Waals surface area contributed by atoms with Gasteiger partial charge in [0.2, 0.25) is 5.91 Å². The predicted octanol–water partition coefficient (Wildman–Crippen LogP) is 4.83. The van der Waals surface area contributed by atoms with Crippen LogP contribution in [0.15, 0.2) is 48.5 Å². The molecule has 2 fully saturated rings. The summed E-state index contributed by atoms with van der Waals surface area (Å²) in [6, 6.07) is 11.6. The molecule has 2 saturated heterocycles. The van der Waals surface area contributed by atoms with Gasteiger partial charge in [-0.2, -0.15) is 13.2 Å². The first-order valence-electron chi connectivity index (χ1n) is 10.4. The molecule has 0 bridgehead atoms. The molecule has 1 aromatic heterocycles. The molecule has 2 aliphatic rings. The molecule has 2 aromatic carbocycles. The second-order valence-electron chi connectivity index (χ2n) is 8.16. The highest BCUT2D eigenvalue weighted by molar-refractivity contribution is 7.18. The largest absolute Gasteiger partial charge is 0.416 e. The first kappa shape index (κ1) is 21.1. The predicted molar refractivity (Wildman–Crippen MR) is 116 cm³/mol. The number of benzene rings is 2. The van der Waals surface area contributed by atoms with Crippen molar-refractivity contribution in [3.63, 3.8) is 0 Å². The van der Waals surface area contributed by atoms with Crippen LogP contribution in [0.25, 0.3) is 10.2 Å². The lowest BCUT2D eigenvalue weighted by Gasteiger charge is -2.34. The van der Waals surface area contributed by atoms with Crippen molar-refractivity contribution in [3.8, 4) is 0 Å². The van der Waals surface area contributed by atoms with Gasteiger partial charge in [0.25, 0.3) is 5.91 Å². The van der Waals surface area contributed by atoms with Crippen LogP contribution in [-0.4, -0.2) is 40.8 Å². The Balaban J connectivity index is 1.26. The van der Waals surface area contributed by atoms with Gasteiger partial charge in [0.1, 0.15) is 0 Å². The fraction of sp³-hybridized carbons (Fsp3) is 0.348. The van der Waals surface area contributed by atoms with Gasteiger partial charge in [0.15, 0.2) is 0 Å². The molecule has 2 amide bonds. The number of para-hydroxylation sites is 1. The minimum atomic E-state index is -4.46. The molecule has 0 saturated carbocycles. The van der Waals surface area contributed by atoms with Gasteiger partial charge in [-0.15, -0.1) is 11.3 Å². The number of rotatable bonds is 3. The van der Waals surface area contributed by atoms with Gasteiger partial charge in [-0.1, -0.05) is 12.1 Å². The highest BCUT2D eigenvalue weighted by Gasteiger charge is 2.44. The Morgan fingerprint density at radius 3 is 2.31 bits per heavy atom. The summed E-state index contributed by atoms with van der Waals surface area (Å²) in [5.74, 6) is -0.428. The number of carbonyl (C=O) groups is 2. The summed E-state index contributed by atoms with van der Waals surface area (Å²) in [5.41, 5.74) is 0.368. The summed E-state index contributed by atoms with van der Waals surface area (Å²) in [4.78, 5) is 33.3. The average Bonchev–Trinajstić information content (AvgIpc) is 3.34. The van der Waals surface area contributed by atoms with Crippen molar-refractivity contribution in [2.45, 2.75) is 37.4 Å². The molecular formula is C23H20F3N3O2S. The van der Waals surface area contributed by atoms with E-state index < -0.39 is 17.8 Å². The van der Waals surface area contributed by atoms with Crippen LogP contribution < -0.4 is 4.90 Å². The van der Waals surface area contributed by atoms with Crippen LogP contribution >= 0.6 is 11.3 Å². The fourth-order valence-corrected chi connectivity index (χ4v) is 5.63. The Kier molecular flexibility index (Phi) is 5.25. The lowest BCUT2D eigenvalue weighted by Crippen LogP contribution is -2.45. The Bertz CT molecular complexity index is 1130. The Morgan fingerprint density at radius 2 is 1.66 bits per heavy atom. The SMILES string of the molecule is O=C1CC(N2CCC(c3nc4ccccc4s3)CC2)C(=O)N1c1ccc(C(F)(F)F)cc1. The van der Waals surface area contributed by atoms with Gasteiger partial charge in [-0.25, -0.2) is 9.88 Å². The summed E-state index contributed by atoms with van der Waals surface area (Å²) < 4.78 is 39.6. The molecule has 3 aromatic rings. The van der Waals surface area contributed by atoms with Gasteiger partial charge >= 0.3 is 6.18 Å². The monoisotopic (exact) mass is 459 g/mol. The number of hydrogen-bond donors (Lipinski definition) is 0. The van der Waals surface area contributed by atoms with E-state index in [0.29, 0.717) is 19.0 Å². The first-order valence-corrected chi connectivity index (χ1v) is 11.3. The van der Waals surface area contributed by atoms with E-state index in [1.165, 1.54) is 12.1 Å². The zero-order valence-electron chi connectivity index (χ0n) is 17.0. The fourth-order valence-electron chi connectivity index (χ4n) is 4.49. The smallest absolute Gasteiger partial charge is 0.291 e. The number of aromatic nitrogens is 1. The number of anilines is 1. The topological polar surface area (TPSA) is 53.5 Å². The molecule has 0 radical (unpaired) electrons. The molecule has 5 rings (SSSR count). The van der Waals surface area contributed by atoms with Crippen molar-refractivity contribution < 1.29 is 22.8 Å². The van der Waals surface area contributed by atoms with Gasteiger partial charge < -0.3 is 0 Å². The molecule has 5 nitrogen and oxygen atoms in total. The molecule has 1 atom stereocenters. The molecule has 0 aliphatic carbocycles. The van der Waals surface area contributed by atoms with Gasteiger partial charge in [0, 0.05) is 5.92 Å². The molecule has 32 heavy (non-hydrogen) atoms. The lowest BCUT2D eigenvalue weighted by molar-refractivity contribution is -0.137. The number of imide groups is 1. The van der Waals surface area contributed by atoms with Gasteiger partial charge in [-0.05, 0) is 62.3 Å². The van der Waals surface area contributed by atoms with Crippen LogP contribution in [0, 0.1) is 0 Å². The maximum absolute atomic E-state index is 13.0. The standard InChI is InChI=1S/C23H20F3N3O2S/c24-23(25,26)15-5-7-16(8-6-15)29-20(30)13-18(22(29)31)28-11-9-14(10-12-28)21-27-17-3-1-2-4-19(17)32-21/h1-8,14,18H,9-13H2. The molecule has 9 heteroatoms. The summed E-state index contributed by atoms with van der Waals surface area (Å²) in [6.45, 7) is 1.34. The van der Waals surface area contributed by atoms with Crippen molar-refractivity contribution >= 4 is 39.1 Å². The number of piperidine rings is 1. The maximum Gasteiger partial charge on any atom is 0.416 e. The van der Waals surface area contributed by atoms with Crippen LogP contribution in [0.1, 0.15) is 35.8 Å². The van der Waals surface area contributed by atoms with Crippen LogP contribution in [-0.2, 0) is 15.8 Å². The lowest BCUT2D eigenvalue weighted by atomic mass is 9.96. The first-order chi connectivity index (χ1) is 15.3. The van der Waals surface area contributed by atoms with Crippen molar-refractivity contribution in [3.05, 3.63) is 59.1 Å². The van der Waals surface area contributed by atoms with E-state index in [0.717, 1.165) is 45.1 Å². The van der Waals surface area contributed by atoms with E-state index in [2.05, 4.69) is 6.07 Å². The number of hydrogen-bond acceptors (Lipinski definition) is 5. The number of fused-ring (bicyclic) bond motifs is 1. The van der Waals surface area contributed by atoms with Crippen molar-refractivity contribution in [1.29, 1.82) is 0 Å². The zero-order chi connectivity index (χ0) is 22.5. The van der Waals surface area contributed by atoms with E-state index in [1.807, 2.05) is 23.1 Å². The van der Waals surface area contributed by atoms with Crippen LogP contribution in [0.2, 0.25) is 0 Å². The number of thiazole rings is 1. The van der Waals surface area contributed by atoms with Crippen molar-refractivity contribution in [1.82, 2.24) is 9.88 Å². The molecule has 166 valence electrons. The highest BCUT2D eigenvalue weighted by atomic mass is 32.1. The number of halogens is 3. The summed E-state index contributed by atoms with van der Waals surface area (Å²) in [7, 11) is 0. The van der Waals surface area contributed by atoms with Crippen LogP contribution in [0.3, 0.4) is 0 Å². The van der Waals surface area contributed by atoms with Crippen LogP contribution in [0.4, 0.5) is 18.9 Å². The number of amides is 2. The molecular weight excluding hydrogens is 439 g/mol. The Labute approximate surface area is 186 Å². The normalized spacial score (nSPS) is 21.1. The third-order valence-corrected chi connectivity index (χ3v) is 7.40. The molecule has 2 aliphatic heterocycles. The Hall–Kier alpha value is -2.78. The van der Waals surface area contributed by atoms with Crippen molar-refractivity contribution in [2.75, 3.05) is 18.0 Å². The second-order valence-corrected chi connectivity index (χ2v) is 9.22.